The number of halogens is 1. The van der Waals surface area contributed by atoms with E-state index in [9.17, 15) is 9.90 Å². The van der Waals surface area contributed by atoms with Gasteiger partial charge >= 0.3 is 0 Å². The Bertz CT molecular complexity index is 528. The molecule has 1 aliphatic carbocycles. The fourth-order valence-corrected chi connectivity index (χ4v) is 2.47. The SMILES string of the molecule is O=C(NCC1(O)CCC1)c1cc(Cl)c2c(c1)OCO2. The summed E-state index contributed by atoms with van der Waals surface area (Å²) in [5.41, 5.74) is -0.340. The molecule has 5 nitrogen and oxygen atoms in total. The Kier molecular flexibility index (Phi) is 3.03. The van der Waals surface area contributed by atoms with Crippen molar-refractivity contribution in [2.75, 3.05) is 13.3 Å². The first-order chi connectivity index (χ1) is 9.07. The molecule has 1 amide bonds. The lowest BCUT2D eigenvalue weighted by Crippen LogP contribution is -2.47. The summed E-state index contributed by atoms with van der Waals surface area (Å²) < 4.78 is 10.4. The van der Waals surface area contributed by atoms with Gasteiger partial charge in [0.05, 0.1) is 10.6 Å². The second-order valence-electron chi connectivity index (χ2n) is 4.95. The fourth-order valence-electron chi connectivity index (χ4n) is 2.21. The molecule has 0 saturated heterocycles. The van der Waals surface area contributed by atoms with Crippen LogP contribution < -0.4 is 14.8 Å². The first-order valence-corrected chi connectivity index (χ1v) is 6.55. The topological polar surface area (TPSA) is 67.8 Å². The number of amides is 1. The van der Waals surface area contributed by atoms with E-state index in [1.807, 2.05) is 0 Å². The van der Waals surface area contributed by atoms with Crippen molar-refractivity contribution in [3.05, 3.63) is 22.7 Å². The van der Waals surface area contributed by atoms with E-state index in [1.54, 1.807) is 6.07 Å². The van der Waals surface area contributed by atoms with Gasteiger partial charge in [-0.3, -0.25) is 4.79 Å². The summed E-state index contributed by atoms with van der Waals surface area (Å²) in [6.45, 7) is 0.373. The number of carbonyl (C=O) groups excluding carboxylic acids is 1. The van der Waals surface area contributed by atoms with Crippen LogP contribution in [0.15, 0.2) is 12.1 Å². The Labute approximate surface area is 115 Å². The van der Waals surface area contributed by atoms with Gasteiger partial charge in [-0.1, -0.05) is 11.6 Å². The summed E-state index contributed by atoms with van der Waals surface area (Å²) in [4.78, 5) is 12.0. The lowest BCUT2D eigenvalue weighted by Gasteiger charge is -2.36. The van der Waals surface area contributed by atoms with Crippen molar-refractivity contribution in [2.24, 2.45) is 0 Å². The summed E-state index contributed by atoms with van der Waals surface area (Å²) in [5.74, 6) is 0.663. The van der Waals surface area contributed by atoms with Crippen LogP contribution in [-0.2, 0) is 0 Å². The van der Waals surface area contributed by atoms with Gasteiger partial charge in [-0.15, -0.1) is 0 Å². The lowest BCUT2D eigenvalue weighted by molar-refractivity contribution is -0.0300. The van der Waals surface area contributed by atoms with E-state index in [4.69, 9.17) is 21.1 Å². The molecule has 0 aromatic heterocycles. The van der Waals surface area contributed by atoms with Crippen molar-refractivity contribution in [3.8, 4) is 11.5 Å². The smallest absolute Gasteiger partial charge is 0.251 e. The molecular formula is C13H14ClNO4. The first kappa shape index (κ1) is 12.6. The minimum Gasteiger partial charge on any atom is -0.454 e. The zero-order valence-electron chi connectivity index (χ0n) is 10.2. The molecule has 3 rings (SSSR count). The fraction of sp³-hybridized carbons (Fsp3) is 0.462. The molecule has 2 aliphatic rings. The molecule has 1 fully saturated rings. The van der Waals surface area contributed by atoms with E-state index in [-0.39, 0.29) is 19.2 Å². The number of fused-ring (bicyclic) bond motifs is 1. The van der Waals surface area contributed by atoms with Gasteiger partial charge < -0.3 is 19.9 Å². The van der Waals surface area contributed by atoms with Crippen LogP contribution in [0, 0.1) is 0 Å². The summed E-state index contributed by atoms with van der Waals surface area (Å²) in [6, 6.07) is 3.13. The van der Waals surface area contributed by atoms with E-state index in [2.05, 4.69) is 5.32 Å². The van der Waals surface area contributed by atoms with Gasteiger partial charge in [0.2, 0.25) is 6.79 Å². The maximum atomic E-state index is 12.0. The maximum absolute atomic E-state index is 12.0. The standard InChI is InChI=1S/C13H14ClNO4/c14-9-4-8(5-10-11(9)19-7-18-10)12(16)15-6-13(17)2-1-3-13/h4-5,17H,1-3,6-7H2,(H,15,16). The maximum Gasteiger partial charge on any atom is 0.251 e. The van der Waals surface area contributed by atoms with Crippen LogP contribution in [0.4, 0.5) is 0 Å². The number of aliphatic hydroxyl groups is 1. The molecule has 2 N–H and O–H groups in total. The summed E-state index contributed by atoms with van der Waals surface area (Å²) in [5, 5.41) is 13.0. The second-order valence-corrected chi connectivity index (χ2v) is 5.36. The van der Waals surface area contributed by atoms with E-state index in [0.717, 1.165) is 19.3 Å². The Hall–Kier alpha value is -1.46. The predicted octanol–water partition coefficient (Wildman–Crippen LogP) is 1.71. The highest BCUT2D eigenvalue weighted by molar-refractivity contribution is 6.32. The normalized spacial score (nSPS) is 18.8. The molecule has 0 atom stereocenters. The van der Waals surface area contributed by atoms with Crippen molar-refractivity contribution in [1.82, 2.24) is 5.32 Å². The molecule has 0 bridgehead atoms. The third-order valence-corrected chi connectivity index (χ3v) is 3.83. The molecule has 19 heavy (non-hydrogen) atoms. The van der Waals surface area contributed by atoms with Crippen molar-refractivity contribution < 1.29 is 19.4 Å². The van der Waals surface area contributed by atoms with Crippen LogP contribution >= 0.6 is 11.6 Å². The highest BCUT2D eigenvalue weighted by atomic mass is 35.5. The summed E-state index contributed by atoms with van der Waals surface area (Å²) in [6.07, 6.45) is 2.46. The molecule has 1 saturated carbocycles. The van der Waals surface area contributed by atoms with Crippen molar-refractivity contribution in [2.45, 2.75) is 24.9 Å². The van der Waals surface area contributed by atoms with Gasteiger partial charge in [0.1, 0.15) is 0 Å². The molecule has 6 heteroatoms. The van der Waals surface area contributed by atoms with Crippen molar-refractivity contribution in [3.63, 3.8) is 0 Å². The van der Waals surface area contributed by atoms with E-state index >= 15 is 0 Å². The van der Waals surface area contributed by atoms with Gasteiger partial charge in [0, 0.05) is 12.1 Å². The van der Waals surface area contributed by atoms with Crippen molar-refractivity contribution in [1.29, 1.82) is 0 Å². The van der Waals surface area contributed by atoms with Gasteiger partial charge in [0.25, 0.3) is 5.91 Å². The highest BCUT2D eigenvalue weighted by Crippen LogP contribution is 2.39. The van der Waals surface area contributed by atoms with Crippen LogP contribution in [0.3, 0.4) is 0 Å². The number of rotatable bonds is 3. The predicted molar refractivity (Wildman–Crippen MR) is 68.7 cm³/mol. The molecule has 0 unspecified atom stereocenters. The number of ether oxygens (including phenoxy) is 2. The third-order valence-electron chi connectivity index (χ3n) is 3.55. The van der Waals surface area contributed by atoms with Crippen LogP contribution in [0.2, 0.25) is 5.02 Å². The van der Waals surface area contributed by atoms with Gasteiger partial charge in [-0.25, -0.2) is 0 Å². The summed E-state index contributed by atoms with van der Waals surface area (Å²) >= 11 is 6.01. The number of nitrogens with one attached hydrogen (secondary N) is 1. The van der Waals surface area contributed by atoms with E-state index < -0.39 is 5.60 Å². The zero-order chi connectivity index (χ0) is 13.5. The average Bonchev–Trinajstić information content (AvgIpc) is 2.82. The highest BCUT2D eigenvalue weighted by Gasteiger charge is 2.34. The van der Waals surface area contributed by atoms with Crippen LogP contribution in [0.5, 0.6) is 11.5 Å². The quantitative estimate of drug-likeness (QED) is 0.886. The summed E-state index contributed by atoms with van der Waals surface area (Å²) in [7, 11) is 0. The molecule has 0 spiro atoms. The number of hydrogen-bond acceptors (Lipinski definition) is 4. The van der Waals surface area contributed by atoms with Crippen LogP contribution in [-0.4, -0.2) is 30.0 Å². The molecule has 1 aliphatic heterocycles. The lowest BCUT2D eigenvalue weighted by atomic mass is 9.80. The molecule has 0 radical (unpaired) electrons. The Morgan fingerprint density at radius 1 is 1.42 bits per heavy atom. The molecule has 1 aromatic carbocycles. The number of carbonyl (C=O) groups is 1. The van der Waals surface area contributed by atoms with Gasteiger partial charge in [-0.2, -0.15) is 0 Å². The zero-order valence-corrected chi connectivity index (χ0v) is 11.0. The second kappa shape index (κ2) is 4.58. The van der Waals surface area contributed by atoms with Crippen molar-refractivity contribution >= 4 is 17.5 Å². The Morgan fingerprint density at radius 2 is 2.21 bits per heavy atom. The molecule has 102 valence electrons. The third kappa shape index (κ3) is 2.35. The Morgan fingerprint density at radius 3 is 2.89 bits per heavy atom. The van der Waals surface area contributed by atoms with E-state index in [1.165, 1.54) is 6.07 Å². The van der Waals surface area contributed by atoms with Gasteiger partial charge in [-0.05, 0) is 31.4 Å². The molecule has 1 aromatic rings. The monoisotopic (exact) mass is 283 g/mol. The average molecular weight is 284 g/mol. The minimum absolute atomic E-state index is 0.111. The largest absolute Gasteiger partial charge is 0.454 e. The Balaban J connectivity index is 1.71. The molecular weight excluding hydrogens is 270 g/mol. The van der Waals surface area contributed by atoms with Crippen LogP contribution in [0.25, 0.3) is 0 Å². The molecule has 1 heterocycles. The van der Waals surface area contributed by atoms with Gasteiger partial charge in [0.15, 0.2) is 11.5 Å². The van der Waals surface area contributed by atoms with E-state index in [0.29, 0.717) is 22.1 Å². The first-order valence-electron chi connectivity index (χ1n) is 6.17. The van der Waals surface area contributed by atoms with Crippen LogP contribution in [0.1, 0.15) is 29.6 Å². The minimum atomic E-state index is -0.740. The number of benzene rings is 1. The number of hydrogen-bond donors (Lipinski definition) is 2.